The van der Waals surface area contributed by atoms with Gasteiger partial charge in [0.05, 0.1) is 13.2 Å². The van der Waals surface area contributed by atoms with Gasteiger partial charge in [-0.25, -0.2) is 9.59 Å². The van der Waals surface area contributed by atoms with Crippen LogP contribution in [-0.2, 0) is 37.2 Å². The van der Waals surface area contributed by atoms with Gasteiger partial charge >= 0.3 is 81.1 Å². The molecule has 6 N–H and O–H groups in total. The predicted molar refractivity (Wildman–Crippen MR) is 98.3 cm³/mol. The molecule has 2 aliphatic heterocycles. The van der Waals surface area contributed by atoms with Crippen molar-refractivity contribution >= 4 is 96.7 Å². The Morgan fingerprint density at radius 2 is 1.00 bits per heavy atom. The van der Waals surface area contributed by atoms with E-state index < -0.39 is 88.3 Å². The van der Waals surface area contributed by atoms with Crippen molar-refractivity contribution in [1.82, 2.24) is 0 Å². The molecule has 0 spiro atoms. The van der Waals surface area contributed by atoms with Crippen molar-refractivity contribution in [2.75, 3.05) is 13.2 Å². The normalized spacial score (nSPS) is 20.7. The largest absolute Gasteiger partial charge is 2.00 e. The third-order valence-electron chi connectivity index (χ3n) is 3.28. The first-order valence-electron chi connectivity index (χ1n) is 7.77. The fraction of sp³-hybridized carbons (Fsp3) is 0.500. The summed E-state index contributed by atoms with van der Waals surface area (Å²) in [6, 6.07) is 0. The van der Waals surface area contributed by atoms with Crippen LogP contribution < -0.4 is 29.8 Å². The molecule has 0 fully saturated rings. The SMILES string of the molecule is O.O=C1O[C@H]([C@@H](O)CO)C([O-])=C1OP(=O)([O-])[O-].O=C1O[C@H]([C@@H](O)CO)C([O-])=C1OP(=O)([O-])[O-].[Mg+2].[Mg+2].[Mg+2]. The quantitative estimate of drug-likeness (QED) is 0.115. The van der Waals surface area contributed by atoms with Gasteiger partial charge in [-0.05, 0) is 11.5 Å². The Kier molecular flexibility index (Phi) is 21.0. The zero-order chi connectivity index (χ0) is 25.0. The summed E-state index contributed by atoms with van der Waals surface area (Å²) in [6.07, 6.45) is -6.96. The van der Waals surface area contributed by atoms with Crippen molar-refractivity contribution in [3.8, 4) is 0 Å². The molecule has 0 amide bonds. The molecule has 4 atom stereocenters. The van der Waals surface area contributed by atoms with Crippen LogP contribution in [0, 0.1) is 0 Å². The van der Waals surface area contributed by atoms with Gasteiger partial charge < -0.3 is 83.3 Å². The predicted octanol–water partition coefficient (Wildman–Crippen LogP) is -10.6. The van der Waals surface area contributed by atoms with Gasteiger partial charge in [0, 0.05) is 0 Å². The summed E-state index contributed by atoms with van der Waals surface area (Å²) in [5.41, 5.74) is 0. The van der Waals surface area contributed by atoms with Gasteiger partial charge in [-0.2, -0.15) is 0 Å². The minimum atomic E-state index is -5.56. The molecule has 0 aromatic rings. The topological polar surface area (TPSA) is 356 Å². The summed E-state index contributed by atoms with van der Waals surface area (Å²) in [6.45, 7) is -1.77. The maximum atomic E-state index is 11.2. The van der Waals surface area contributed by atoms with Crippen LogP contribution in [-0.4, -0.2) is 145 Å². The molecule has 0 saturated heterocycles. The maximum Gasteiger partial charge on any atom is 2.00 e. The number of cyclic esters (lactones) is 2. The van der Waals surface area contributed by atoms with Crippen molar-refractivity contribution in [2.24, 2.45) is 0 Å². The van der Waals surface area contributed by atoms with E-state index in [1.165, 1.54) is 0 Å². The maximum absolute atomic E-state index is 11.2. The van der Waals surface area contributed by atoms with Gasteiger partial charge in [0.1, 0.15) is 40.1 Å². The summed E-state index contributed by atoms with van der Waals surface area (Å²) in [7, 11) is -11.1. The van der Waals surface area contributed by atoms with E-state index in [1.54, 1.807) is 0 Å². The number of carbonyl (C=O) groups is 2. The fourth-order valence-corrected chi connectivity index (χ4v) is 2.77. The van der Waals surface area contributed by atoms with Crippen molar-refractivity contribution in [1.29, 1.82) is 0 Å². The average molecular weight is 597 g/mol. The number of ether oxygens (including phenoxy) is 2. The average Bonchev–Trinajstić information content (AvgIpc) is 3.10. The summed E-state index contributed by atoms with van der Waals surface area (Å²) in [5.74, 6) is -8.20. The van der Waals surface area contributed by atoms with Gasteiger partial charge in [0.15, 0.2) is 0 Å². The molecule has 0 saturated carbocycles. The minimum Gasteiger partial charge on any atom is -0.870 e. The van der Waals surface area contributed by atoms with Crippen LogP contribution in [0.5, 0.6) is 0 Å². The first-order valence-corrected chi connectivity index (χ1v) is 10.7. The number of aliphatic hydroxyl groups excluding tert-OH is 4. The molecule has 36 heavy (non-hydrogen) atoms. The van der Waals surface area contributed by atoms with Gasteiger partial charge in [-0.3, -0.25) is 0 Å². The van der Waals surface area contributed by atoms with Crippen LogP contribution in [0.15, 0.2) is 23.0 Å². The van der Waals surface area contributed by atoms with E-state index in [0.717, 1.165) is 0 Å². The Balaban J connectivity index is -0.000000256. The molecule has 0 aromatic heterocycles. The third kappa shape index (κ3) is 12.7. The van der Waals surface area contributed by atoms with Gasteiger partial charge in [0.25, 0.3) is 0 Å². The molecule has 24 heteroatoms. The molecule has 0 aliphatic carbocycles. The smallest absolute Gasteiger partial charge is 0.870 e. The van der Waals surface area contributed by atoms with Crippen LogP contribution in [0.25, 0.3) is 0 Å². The van der Waals surface area contributed by atoms with E-state index in [1.807, 2.05) is 0 Å². The van der Waals surface area contributed by atoms with E-state index in [4.69, 9.17) is 20.4 Å². The summed E-state index contributed by atoms with van der Waals surface area (Å²) in [4.78, 5) is 62.5. The molecular weight excluding hydrogens is 583 g/mol. The van der Waals surface area contributed by atoms with Crippen molar-refractivity contribution in [3.63, 3.8) is 0 Å². The number of carbonyl (C=O) groups excluding carboxylic acids is 2. The number of esters is 2. The second-order valence-corrected chi connectivity index (χ2v) is 7.77. The first-order chi connectivity index (χ1) is 14.5. The zero-order valence-electron chi connectivity index (χ0n) is 17.7. The number of rotatable bonds is 8. The van der Waals surface area contributed by atoms with Crippen LogP contribution in [0.3, 0.4) is 0 Å². The number of phosphoric ester groups is 2. The van der Waals surface area contributed by atoms with Crippen LogP contribution in [0.2, 0.25) is 0 Å². The molecule has 2 rings (SSSR count). The van der Waals surface area contributed by atoms with Crippen LogP contribution in [0.1, 0.15) is 0 Å². The molecule has 0 unspecified atom stereocenters. The minimum absolute atomic E-state index is 0. The molecule has 0 aromatic carbocycles. The molecule has 0 bridgehead atoms. The Bertz CT molecular complexity index is 824. The molecule has 192 valence electrons. The van der Waals surface area contributed by atoms with E-state index in [0.29, 0.717) is 0 Å². The van der Waals surface area contributed by atoms with Crippen molar-refractivity contribution < 1.29 is 92.9 Å². The monoisotopic (exact) mass is 596 g/mol. The second-order valence-electron chi connectivity index (χ2n) is 5.62. The molecular formula is C12H14Mg3O19P2. The number of aliphatic hydroxyl groups is 4. The second kappa shape index (κ2) is 17.6. The summed E-state index contributed by atoms with van der Waals surface area (Å²) >= 11 is 0. The van der Waals surface area contributed by atoms with Crippen molar-refractivity contribution in [2.45, 2.75) is 24.4 Å². The number of hydrogen-bond acceptors (Lipinski definition) is 18. The number of phosphoric acid groups is 2. The molecule has 2 aliphatic rings. The molecule has 2 heterocycles. The van der Waals surface area contributed by atoms with Crippen molar-refractivity contribution in [3.05, 3.63) is 23.0 Å². The van der Waals surface area contributed by atoms with Gasteiger partial charge in [-0.15, -0.1) is 0 Å². The zero-order valence-corrected chi connectivity index (χ0v) is 23.8. The fourth-order valence-electron chi connectivity index (χ4n) is 1.99. The van der Waals surface area contributed by atoms with E-state index >= 15 is 0 Å². The molecule has 19 nitrogen and oxygen atoms in total. The summed E-state index contributed by atoms with van der Waals surface area (Å²) < 4.78 is 36.0. The van der Waals surface area contributed by atoms with Crippen LogP contribution >= 0.6 is 15.6 Å². The number of hydrogen-bond donors (Lipinski definition) is 4. The Morgan fingerprint density at radius 1 is 0.750 bits per heavy atom. The van der Waals surface area contributed by atoms with E-state index in [9.17, 15) is 48.5 Å². The van der Waals surface area contributed by atoms with Crippen LogP contribution in [0.4, 0.5) is 0 Å². The summed E-state index contributed by atoms with van der Waals surface area (Å²) in [5, 5.41) is 57.5. The van der Waals surface area contributed by atoms with E-state index in [2.05, 4.69) is 18.5 Å². The Hall–Kier alpha value is 0.0187. The Morgan fingerprint density at radius 3 is 1.19 bits per heavy atom. The van der Waals surface area contributed by atoms with E-state index in [-0.39, 0.29) is 74.6 Å². The van der Waals surface area contributed by atoms with Gasteiger partial charge in [0.2, 0.25) is 11.5 Å². The molecule has 0 radical (unpaired) electrons. The standard InChI is InChI=1S/2C6H9O9P.3Mg.H2O/c2*7-1-2(8)4-3(9)5(6(10)14-4)15-16(11,12)13;;;;/h2*2,4,7-9H,1H2,(H2,11,12,13);;;;1H2/q;;3*+2;/p-6/t2*2-,4+;;;;/m00..../s1. The third-order valence-corrected chi connectivity index (χ3v) is 4.09. The first kappa shape index (κ1) is 43.1. The Labute approximate surface area is 248 Å². The van der Waals surface area contributed by atoms with Gasteiger partial charge in [-0.1, -0.05) is 0 Å².